The topological polar surface area (TPSA) is 58.9 Å². The number of aromatic amines is 1. The number of nitrogens with zero attached hydrogens (tertiary/aromatic N) is 1. The number of halogens is 1. The zero-order chi connectivity index (χ0) is 15.8. The molecular formula is C17H11BrN2O2S. The monoisotopic (exact) mass is 386 g/mol. The van der Waals surface area contributed by atoms with E-state index in [1.807, 2.05) is 42.5 Å². The zero-order valence-electron chi connectivity index (χ0n) is 11.9. The maximum absolute atomic E-state index is 12.3. The van der Waals surface area contributed by atoms with Crippen molar-refractivity contribution >= 4 is 55.5 Å². The van der Waals surface area contributed by atoms with E-state index < -0.39 is 0 Å². The third-order valence-corrected chi connectivity index (χ3v) is 4.83. The molecule has 0 bridgehead atoms. The Morgan fingerprint density at radius 3 is 2.96 bits per heavy atom. The summed E-state index contributed by atoms with van der Waals surface area (Å²) in [7, 11) is 0. The minimum absolute atomic E-state index is 0.0530. The van der Waals surface area contributed by atoms with Crippen LogP contribution in [-0.2, 0) is 0 Å². The largest absolute Gasteiger partial charge is 0.453 e. The number of fused-ring (bicyclic) bond motifs is 2. The van der Waals surface area contributed by atoms with Crippen LogP contribution in [0.4, 0.5) is 0 Å². The summed E-state index contributed by atoms with van der Waals surface area (Å²) in [6, 6.07) is 15.2. The summed E-state index contributed by atoms with van der Waals surface area (Å²) in [6.07, 6.45) is 0. The number of ketones is 1. The van der Waals surface area contributed by atoms with Gasteiger partial charge in [-0.25, -0.2) is 4.98 Å². The van der Waals surface area contributed by atoms with Crippen molar-refractivity contribution in [3.8, 4) is 0 Å². The van der Waals surface area contributed by atoms with Gasteiger partial charge >= 0.3 is 0 Å². The van der Waals surface area contributed by atoms with Gasteiger partial charge in [-0.1, -0.05) is 39.8 Å². The molecule has 23 heavy (non-hydrogen) atoms. The number of furan rings is 1. The normalized spacial score (nSPS) is 11.3. The van der Waals surface area contributed by atoms with Crippen LogP contribution in [0.25, 0.3) is 22.0 Å². The van der Waals surface area contributed by atoms with E-state index in [1.54, 1.807) is 6.07 Å². The van der Waals surface area contributed by atoms with Crippen molar-refractivity contribution in [2.45, 2.75) is 5.16 Å². The molecule has 0 aliphatic rings. The molecule has 114 valence electrons. The van der Waals surface area contributed by atoms with Crippen molar-refractivity contribution in [3.05, 3.63) is 58.8 Å². The fourth-order valence-electron chi connectivity index (χ4n) is 2.35. The standard InChI is InChI=1S/C17H11BrN2O2S/c18-11-5-6-15-10(7-11)8-16(22-15)14(21)9-23-17-19-12-3-1-2-4-13(12)20-17/h1-8H,9H2,(H,19,20). The smallest absolute Gasteiger partial charge is 0.208 e. The first-order valence-corrected chi connectivity index (χ1v) is 8.77. The van der Waals surface area contributed by atoms with Gasteiger partial charge < -0.3 is 9.40 Å². The fourth-order valence-corrected chi connectivity index (χ4v) is 3.49. The first-order chi connectivity index (χ1) is 11.2. The summed E-state index contributed by atoms with van der Waals surface area (Å²) in [5, 5.41) is 1.65. The molecule has 0 amide bonds. The minimum Gasteiger partial charge on any atom is -0.453 e. The maximum Gasteiger partial charge on any atom is 0.208 e. The predicted molar refractivity (Wildman–Crippen MR) is 95.1 cm³/mol. The molecule has 0 spiro atoms. The van der Waals surface area contributed by atoms with Crippen LogP contribution in [0, 0.1) is 0 Å². The molecule has 0 aliphatic heterocycles. The average Bonchev–Trinajstić information content (AvgIpc) is 3.15. The Hall–Kier alpha value is -2.05. The Bertz CT molecular complexity index is 989. The van der Waals surface area contributed by atoms with Gasteiger partial charge in [0.15, 0.2) is 10.9 Å². The van der Waals surface area contributed by atoms with E-state index in [9.17, 15) is 4.79 Å². The first kappa shape index (κ1) is 14.5. The lowest BCUT2D eigenvalue weighted by Crippen LogP contribution is -2.00. The number of H-pyrrole nitrogens is 1. The van der Waals surface area contributed by atoms with E-state index in [1.165, 1.54) is 11.8 Å². The number of benzene rings is 2. The van der Waals surface area contributed by atoms with Gasteiger partial charge in [0.25, 0.3) is 0 Å². The van der Waals surface area contributed by atoms with Crippen molar-refractivity contribution < 1.29 is 9.21 Å². The number of carbonyl (C=O) groups excluding carboxylic acids is 1. The van der Waals surface area contributed by atoms with E-state index in [0.29, 0.717) is 11.3 Å². The second-order valence-electron chi connectivity index (χ2n) is 5.06. The molecule has 0 saturated heterocycles. The minimum atomic E-state index is -0.0530. The molecule has 4 nitrogen and oxygen atoms in total. The highest BCUT2D eigenvalue weighted by Gasteiger charge is 2.14. The van der Waals surface area contributed by atoms with Crippen LogP contribution in [0.15, 0.2) is 62.6 Å². The van der Waals surface area contributed by atoms with Crippen molar-refractivity contribution in [1.29, 1.82) is 0 Å². The molecular weight excluding hydrogens is 376 g/mol. The number of hydrogen-bond donors (Lipinski definition) is 1. The highest BCUT2D eigenvalue weighted by atomic mass is 79.9. The van der Waals surface area contributed by atoms with Crippen molar-refractivity contribution in [3.63, 3.8) is 0 Å². The molecule has 0 aliphatic carbocycles. The lowest BCUT2D eigenvalue weighted by atomic mass is 10.2. The Morgan fingerprint density at radius 2 is 2.09 bits per heavy atom. The molecule has 0 fully saturated rings. The van der Waals surface area contributed by atoms with E-state index in [-0.39, 0.29) is 11.5 Å². The molecule has 2 heterocycles. The number of rotatable bonds is 4. The molecule has 0 unspecified atom stereocenters. The number of para-hydroxylation sites is 2. The number of Topliss-reactive ketones (excluding diaryl/α,β-unsaturated/α-hetero) is 1. The number of carbonyl (C=O) groups is 1. The van der Waals surface area contributed by atoms with Crippen LogP contribution in [0.2, 0.25) is 0 Å². The molecule has 0 radical (unpaired) electrons. The molecule has 2 aromatic heterocycles. The van der Waals surface area contributed by atoms with Crippen molar-refractivity contribution in [2.75, 3.05) is 5.75 Å². The molecule has 1 N–H and O–H groups in total. The Labute approximate surface area is 144 Å². The quantitative estimate of drug-likeness (QED) is 0.393. The third kappa shape index (κ3) is 2.92. The highest BCUT2D eigenvalue weighted by Crippen LogP contribution is 2.25. The second-order valence-corrected chi connectivity index (χ2v) is 6.94. The lowest BCUT2D eigenvalue weighted by molar-refractivity contribution is 0.0994. The number of nitrogens with one attached hydrogen (secondary N) is 1. The molecule has 0 atom stereocenters. The first-order valence-electron chi connectivity index (χ1n) is 6.99. The molecule has 0 saturated carbocycles. The molecule has 4 aromatic rings. The zero-order valence-corrected chi connectivity index (χ0v) is 14.3. The third-order valence-electron chi connectivity index (χ3n) is 3.46. The highest BCUT2D eigenvalue weighted by molar-refractivity contribution is 9.10. The van der Waals surface area contributed by atoms with Crippen LogP contribution < -0.4 is 0 Å². The van der Waals surface area contributed by atoms with Gasteiger partial charge in [0.05, 0.1) is 16.8 Å². The van der Waals surface area contributed by atoms with Gasteiger partial charge in [0.1, 0.15) is 5.58 Å². The molecule has 6 heteroatoms. The summed E-state index contributed by atoms with van der Waals surface area (Å²) in [4.78, 5) is 20.0. The predicted octanol–water partition coefficient (Wildman–Crippen LogP) is 5.05. The van der Waals surface area contributed by atoms with E-state index in [4.69, 9.17) is 4.42 Å². The fraction of sp³-hybridized carbons (Fsp3) is 0.0588. The van der Waals surface area contributed by atoms with Crippen molar-refractivity contribution in [2.24, 2.45) is 0 Å². The van der Waals surface area contributed by atoms with Gasteiger partial charge in [-0.3, -0.25) is 4.79 Å². The molecule has 2 aromatic carbocycles. The maximum atomic E-state index is 12.3. The Kier molecular flexibility index (Phi) is 3.71. The average molecular weight is 387 g/mol. The van der Waals surface area contributed by atoms with Gasteiger partial charge in [0.2, 0.25) is 5.78 Å². The number of hydrogen-bond acceptors (Lipinski definition) is 4. The van der Waals surface area contributed by atoms with Gasteiger partial charge in [0, 0.05) is 9.86 Å². The van der Waals surface area contributed by atoms with Gasteiger partial charge in [-0.05, 0) is 36.4 Å². The van der Waals surface area contributed by atoms with Crippen LogP contribution in [0.3, 0.4) is 0 Å². The summed E-state index contributed by atoms with van der Waals surface area (Å²) >= 11 is 4.79. The number of imidazole rings is 1. The summed E-state index contributed by atoms with van der Waals surface area (Å²) in [5.74, 6) is 0.602. The van der Waals surface area contributed by atoms with E-state index in [2.05, 4.69) is 25.9 Å². The summed E-state index contributed by atoms with van der Waals surface area (Å²) < 4.78 is 6.58. The van der Waals surface area contributed by atoms with Crippen LogP contribution in [0.1, 0.15) is 10.6 Å². The Morgan fingerprint density at radius 1 is 1.22 bits per heavy atom. The summed E-state index contributed by atoms with van der Waals surface area (Å²) in [5.41, 5.74) is 2.58. The van der Waals surface area contributed by atoms with Crippen LogP contribution in [0.5, 0.6) is 0 Å². The molecule has 4 rings (SSSR count). The van der Waals surface area contributed by atoms with Gasteiger partial charge in [-0.2, -0.15) is 0 Å². The Balaban J connectivity index is 1.52. The SMILES string of the molecule is O=C(CSc1nc2ccccc2[nH]1)c1cc2cc(Br)ccc2o1. The number of thioether (sulfide) groups is 1. The lowest BCUT2D eigenvalue weighted by Gasteiger charge is -1.94. The number of aromatic nitrogens is 2. The van der Waals surface area contributed by atoms with Gasteiger partial charge in [-0.15, -0.1) is 0 Å². The van der Waals surface area contributed by atoms with Crippen molar-refractivity contribution in [1.82, 2.24) is 9.97 Å². The summed E-state index contributed by atoms with van der Waals surface area (Å²) in [6.45, 7) is 0. The second kappa shape index (κ2) is 5.86. The van der Waals surface area contributed by atoms with Crippen LogP contribution in [-0.4, -0.2) is 21.5 Å². The van der Waals surface area contributed by atoms with E-state index >= 15 is 0 Å². The van der Waals surface area contributed by atoms with Crippen LogP contribution >= 0.6 is 27.7 Å². The van der Waals surface area contributed by atoms with E-state index in [0.717, 1.165) is 26.0 Å².